The van der Waals surface area contributed by atoms with Crippen molar-refractivity contribution in [1.82, 2.24) is 25.4 Å². The highest BCUT2D eigenvalue weighted by molar-refractivity contribution is 5.77. The Hall–Kier alpha value is -3.60. The molecule has 1 aromatic carbocycles. The highest BCUT2D eigenvalue weighted by Crippen LogP contribution is 2.37. The molecule has 0 radical (unpaired) electrons. The Morgan fingerprint density at radius 2 is 1.97 bits per heavy atom. The molecule has 1 fully saturated rings. The minimum Gasteiger partial charge on any atom is -0.410 e. The summed E-state index contributed by atoms with van der Waals surface area (Å²) in [4.78, 5) is 20.2. The predicted octanol–water partition coefficient (Wildman–Crippen LogP) is 4.54. The molecule has 0 bridgehead atoms. The molecule has 8 nitrogen and oxygen atoms in total. The maximum Gasteiger partial charge on any atom is 0.417 e. The highest BCUT2D eigenvalue weighted by atomic mass is 19.4. The summed E-state index contributed by atoms with van der Waals surface area (Å²) in [6.07, 6.45) is -2.16. The number of hydrogen-bond donors (Lipinski definition) is 2. The zero-order valence-corrected chi connectivity index (χ0v) is 20.2. The van der Waals surface area contributed by atoms with E-state index in [-0.39, 0.29) is 6.04 Å². The number of hydrogen-bond acceptors (Lipinski definition) is 6. The number of aromatic nitrogens is 3. The largest absolute Gasteiger partial charge is 0.417 e. The van der Waals surface area contributed by atoms with E-state index >= 15 is 0 Å². The minimum atomic E-state index is -4.40. The van der Waals surface area contributed by atoms with Crippen LogP contribution in [0.5, 0.6) is 5.75 Å². The van der Waals surface area contributed by atoms with Gasteiger partial charge in [0.2, 0.25) is 0 Å². The maximum atomic E-state index is 12.9. The number of anilines is 1. The van der Waals surface area contributed by atoms with Gasteiger partial charge in [0.15, 0.2) is 0 Å². The first-order valence-corrected chi connectivity index (χ1v) is 11.7. The van der Waals surface area contributed by atoms with Gasteiger partial charge in [-0.15, -0.1) is 0 Å². The predicted molar refractivity (Wildman–Crippen MR) is 128 cm³/mol. The van der Waals surface area contributed by atoms with Gasteiger partial charge >= 0.3 is 12.3 Å². The fourth-order valence-electron chi connectivity index (χ4n) is 4.87. The first-order valence-electron chi connectivity index (χ1n) is 11.7. The third-order valence-corrected chi connectivity index (χ3v) is 6.75. The van der Waals surface area contributed by atoms with Crippen LogP contribution in [0.15, 0.2) is 42.7 Å². The number of nitrogens with one attached hydrogen (secondary N) is 2. The van der Waals surface area contributed by atoms with Crippen molar-refractivity contribution < 1.29 is 22.7 Å². The van der Waals surface area contributed by atoms with Crippen LogP contribution in [0.4, 0.5) is 23.8 Å². The van der Waals surface area contributed by atoms with Crippen molar-refractivity contribution in [2.75, 3.05) is 24.5 Å². The van der Waals surface area contributed by atoms with Crippen LogP contribution in [-0.4, -0.2) is 51.9 Å². The first-order chi connectivity index (χ1) is 17.0. The van der Waals surface area contributed by atoms with Gasteiger partial charge in [-0.25, -0.2) is 9.78 Å². The van der Waals surface area contributed by atoms with Crippen molar-refractivity contribution in [3.8, 4) is 17.0 Å². The highest BCUT2D eigenvalue weighted by Gasteiger charge is 2.34. The lowest BCUT2D eigenvalue weighted by Gasteiger charge is -2.40. The van der Waals surface area contributed by atoms with Crippen molar-refractivity contribution in [3.63, 3.8) is 0 Å². The van der Waals surface area contributed by atoms with Crippen LogP contribution in [0, 0.1) is 0 Å². The molecule has 190 valence electrons. The van der Waals surface area contributed by atoms with Gasteiger partial charge in [0.1, 0.15) is 11.6 Å². The second-order valence-electron chi connectivity index (χ2n) is 9.80. The molecule has 4 heterocycles. The number of halogens is 3. The molecule has 2 N–H and O–H groups in total. The average Bonchev–Trinajstić information content (AvgIpc) is 3.26. The number of ether oxygens (including phenoxy) is 1. The summed E-state index contributed by atoms with van der Waals surface area (Å²) in [5.41, 5.74) is 2.43. The summed E-state index contributed by atoms with van der Waals surface area (Å²) >= 11 is 0. The molecule has 11 heteroatoms. The Morgan fingerprint density at radius 3 is 2.67 bits per heavy atom. The number of pyridine rings is 1. The number of piperazine rings is 1. The van der Waals surface area contributed by atoms with Crippen LogP contribution in [0.1, 0.15) is 37.5 Å². The number of aromatic amines is 1. The van der Waals surface area contributed by atoms with Crippen molar-refractivity contribution in [1.29, 1.82) is 0 Å². The molecule has 0 spiro atoms. The van der Waals surface area contributed by atoms with E-state index in [1.54, 1.807) is 6.07 Å². The van der Waals surface area contributed by atoms with E-state index < -0.39 is 23.4 Å². The number of amides is 1. The van der Waals surface area contributed by atoms with Gasteiger partial charge in [-0.3, -0.25) is 10.00 Å². The van der Waals surface area contributed by atoms with Gasteiger partial charge < -0.3 is 15.0 Å². The third kappa shape index (κ3) is 4.62. The third-order valence-electron chi connectivity index (χ3n) is 6.75. The lowest BCUT2D eigenvalue weighted by Crippen LogP contribution is -2.51. The fraction of sp³-hybridized carbons (Fsp3) is 0.400. The summed E-state index contributed by atoms with van der Waals surface area (Å²) in [5, 5.41) is 10.2. The number of carbonyl (C=O) groups excluding carboxylic acids is 1. The number of carbonyl (C=O) groups is 1. The Labute approximate surface area is 206 Å². The number of H-pyrrole nitrogens is 1. The molecule has 36 heavy (non-hydrogen) atoms. The van der Waals surface area contributed by atoms with Gasteiger partial charge in [-0.05, 0) is 51.1 Å². The lowest BCUT2D eigenvalue weighted by molar-refractivity contribution is -0.137. The molecule has 2 aliphatic heterocycles. The summed E-state index contributed by atoms with van der Waals surface area (Å²) < 4.78 is 43.9. The van der Waals surface area contributed by atoms with Gasteiger partial charge in [0, 0.05) is 55.1 Å². The Kier molecular flexibility index (Phi) is 5.90. The van der Waals surface area contributed by atoms with E-state index in [0.29, 0.717) is 24.7 Å². The summed E-state index contributed by atoms with van der Waals surface area (Å²) in [7, 11) is 0. The molecule has 2 aromatic heterocycles. The second-order valence-corrected chi connectivity index (χ2v) is 9.80. The average molecular weight is 501 g/mol. The molecular formula is C25H27F3N6O2. The van der Waals surface area contributed by atoms with E-state index in [1.807, 2.05) is 44.0 Å². The minimum absolute atomic E-state index is 0.0728. The Bertz CT molecular complexity index is 1270. The van der Waals surface area contributed by atoms with Crippen LogP contribution >= 0.6 is 0 Å². The first kappa shape index (κ1) is 24.1. The molecule has 1 amide bonds. The fourth-order valence-corrected chi connectivity index (χ4v) is 4.87. The van der Waals surface area contributed by atoms with Crippen LogP contribution in [0.3, 0.4) is 0 Å². The molecule has 3 aromatic rings. The van der Waals surface area contributed by atoms with Gasteiger partial charge in [0.25, 0.3) is 0 Å². The molecule has 2 aliphatic rings. The van der Waals surface area contributed by atoms with Gasteiger partial charge in [0.05, 0.1) is 23.0 Å². The number of nitrogens with zero attached hydrogens (tertiary/aromatic N) is 4. The number of rotatable bonds is 4. The molecular weight excluding hydrogens is 473 g/mol. The molecule has 5 rings (SSSR count). The van der Waals surface area contributed by atoms with Gasteiger partial charge in [-0.1, -0.05) is 0 Å². The summed E-state index contributed by atoms with van der Waals surface area (Å²) in [6, 6.07) is 8.30. The quantitative estimate of drug-likeness (QED) is 0.547. The normalized spacial score (nSPS) is 20.0. The number of fused-ring (bicyclic) bond motifs is 1. The van der Waals surface area contributed by atoms with Crippen LogP contribution in [-0.2, 0) is 18.3 Å². The van der Waals surface area contributed by atoms with E-state index in [1.165, 1.54) is 6.07 Å². The number of alkyl halides is 3. The number of benzene rings is 1. The van der Waals surface area contributed by atoms with Crippen molar-refractivity contribution in [2.45, 2.75) is 45.1 Å². The zero-order valence-electron chi connectivity index (χ0n) is 20.2. The Balaban J connectivity index is 1.29. The van der Waals surface area contributed by atoms with Crippen LogP contribution in [0.2, 0.25) is 0 Å². The maximum absolute atomic E-state index is 12.9. The van der Waals surface area contributed by atoms with Crippen LogP contribution < -0.4 is 15.0 Å². The van der Waals surface area contributed by atoms with Crippen molar-refractivity contribution >= 4 is 11.9 Å². The molecule has 1 atom stereocenters. The molecule has 0 unspecified atom stereocenters. The van der Waals surface area contributed by atoms with E-state index in [2.05, 4.69) is 25.4 Å². The lowest BCUT2D eigenvalue weighted by atomic mass is 9.90. The molecule has 0 saturated carbocycles. The Morgan fingerprint density at radius 1 is 1.17 bits per heavy atom. The summed E-state index contributed by atoms with van der Waals surface area (Å²) in [5.74, 6) is 1.08. The van der Waals surface area contributed by atoms with Crippen LogP contribution in [0.25, 0.3) is 11.3 Å². The van der Waals surface area contributed by atoms with Gasteiger partial charge in [-0.2, -0.15) is 18.3 Å². The van der Waals surface area contributed by atoms with E-state index in [4.69, 9.17) is 4.74 Å². The summed E-state index contributed by atoms with van der Waals surface area (Å²) in [6.45, 7) is 8.67. The smallest absolute Gasteiger partial charge is 0.410 e. The van der Waals surface area contributed by atoms with Crippen molar-refractivity contribution in [3.05, 3.63) is 59.4 Å². The topological polar surface area (TPSA) is 86.4 Å². The SMILES string of the molecule is C[C@H]1CN(Cc2cn[nH]c2-c2ccc3c(c2)C(C)(C)NC(=O)O3)CCN1c1ccc(C(F)(F)F)cn1. The van der Waals surface area contributed by atoms with E-state index in [9.17, 15) is 18.0 Å². The second kappa shape index (κ2) is 8.81. The molecule has 0 aliphatic carbocycles. The molecule has 1 saturated heterocycles. The monoisotopic (exact) mass is 500 g/mol. The standard InChI is InChI=1S/C25H27F3N6O2/c1-15-13-33(8-9-34(15)21-7-5-18(12-29-21)25(26,27)28)14-17-11-30-32-22(17)16-4-6-20-19(10-16)24(2,3)31-23(35)36-20/h4-7,10-12,15H,8-9,13-14H2,1-3H3,(H,30,32)(H,31,35)/t15-/m0/s1. The van der Waals surface area contributed by atoms with Crippen molar-refractivity contribution in [2.24, 2.45) is 0 Å². The van der Waals surface area contributed by atoms with E-state index in [0.717, 1.165) is 47.7 Å². The zero-order chi connectivity index (χ0) is 25.7.